The summed E-state index contributed by atoms with van der Waals surface area (Å²) in [7, 11) is 0. The fourth-order valence-corrected chi connectivity index (χ4v) is 8.94. The second-order valence-corrected chi connectivity index (χ2v) is 15.4. The minimum absolute atomic E-state index is 0.531. The summed E-state index contributed by atoms with van der Waals surface area (Å²) in [5, 5.41) is 4.38. The molecule has 12 aromatic rings. The number of furan rings is 1. The van der Waals surface area contributed by atoms with E-state index in [-0.39, 0.29) is 0 Å². The van der Waals surface area contributed by atoms with Crippen LogP contribution in [0.15, 0.2) is 217 Å². The van der Waals surface area contributed by atoms with Gasteiger partial charge in [-0.15, -0.1) is 0 Å². The van der Waals surface area contributed by atoms with Gasteiger partial charge in [-0.05, 0) is 77.4 Å². The predicted octanol–water partition coefficient (Wildman–Crippen LogP) is 14.3. The van der Waals surface area contributed by atoms with Gasteiger partial charge in [0, 0.05) is 50.8 Å². The average molecular weight is 794 g/mol. The monoisotopic (exact) mass is 793 g/mol. The smallest absolute Gasteiger partial charge is 0.179 e. The van der Waals surface area contributed by atoms with E-state index in [1.807, 2.05) is 48.5 Å². The molecule has 0 saturated heterocycles. The number of para-hydroxylation sites is 2. The molecule has 7 aromatic carbocycles. The Balaban J connectivity index is 1.18. The minimum atomic E-state index is 0.531. The van der Waals surface area contributed by atoms with Crippen molar-refractivity contribution < 1.29 is 4.42 Å². The van der Waals surface area contributed by atoms with E-state index in [4.69, 9.17) is 14.4 Å². The highest BCUT2D eigenvalue weighted by Gasteiger charge is 2.25. The normalized spacial score (nSPS) is 11.5. The third-order valence-electron chi connectivity index (χ3n) is 11.7. The van der Waals surface area contributed by atoms with Crippen molar-refractivity contribution in [1.82, 2.24) is 24.5 Å². The van der Waals surface area contributed by atoms with E-state index in [0.29, 0.717) is 11.5 Å². The van der Waals surface area contributed by atoms with Crippen LogP contribution in [0.3, 0.4) is 0 Å². The molecule has 0 atom stereocenters. The van der Waals surface area contributed by atoms with E-state index in [9.17, 15) is 0 Å². The molecule has 0 amide bonds. The summed E-state index contributed by atoms with van der Waals surface area (Å²) in [6, 6.07) is 69.7. The molecule has 0 radical (unpaired) electrons. The maximum absolute atomic E-state index is 7.07. The fraction of sp³-hybridized carbons (Fsp3) is 0. The third-order valence-corrected chi connectivity index (χ3v) is 11.7. The molecule has 0 aliphatic rings. The van der Waals surface area contributed by atoms with Crippen LogP contribution in [-0.4, -0.2) is 24.5 Å². The van der Waals surface area contributed by atoms with Crippen molar-refractivity contribution in [1.29, 1.82) is 0 Å². The molecule has 62 heavy (non-hydrogen) atoms. The first kappa shape index (κ1) is 35.5. The average Bonchev–Trinajstić information content (AvgIpc) is 3.91. The Morgan fingerprint density at radius 2 is 0.919 bits per heavy atom. The van der Waals surface area contributed by atoms with Crippen molar-refractivity contribution in [2.45, 2.75) is 0 Å². The van der Waals surface area contributed by atoms with E-state index < -0.39 is 0 Å². The van der Waals surface area contributed by atoms with E-state index in [0.717, 1.165) is 105 Å². The number of pyridine rings is 2. The number of hydrogen-bond acceptors (Lipinski definition) is 5. The Morgan fingerprint density at radius 1 is 0.355 bits per heavy atom. The SMILES string of the molecule is c1ccc(-c2cc(-c3cc(-c4ccccn4)nc(-c4ccccn4)n3)cc(-c3ccccc3)c2-n2c3ccccc3c3c4oc5c(-c6ccccc6)cccc5c4ccc32)cc1. The molecule has 12 rings (SSSR count). The van der Waals surface area contributed by atoms with Crippen LogP contribution in [0.25, 0.3) is 117 Å². The zero-order valence-corrected chi connectivity index (χ0v) is 33.4. The quantitative estimate of drug-likeness (QED) is 0.161. The number of aromatic nitrogens is 5. The highest BCUT2D eigenvalue weighted by atomic mass is 16.3. The zero-order chi connectivity index (χ0) is 41.0. The lowest BCUT2D eigenvalue weighted by Gasteiger charge is -2.21. The molecule has 6 nitrogen and oxygen atoms in total. The summed E-state index contributed by atoms with van der Waals surface area (Å²) in [4.78, 5) is 19.6. The van der Waals surface area contributed by atoms with Crippen molar-refractivity contribution in [2.24, 2.45) is 0 Å². The van der Waals surface area contributed by atoms with E-state index in [2.05, 4.69) is 166 Å². The van der Waals surface area contributed by atoms with Gasteiger partial charge in [0.05, 0.1) is 39.2 Å². The van der Waals surface area contributed by atoms with E-state index in [1.165, 1.54) is 0 Å². The highest BCUT2D eigenvalue weighted by molar-refractivity contribution is 6.25. The molecular weight excluding hydrogens is 759 g/mol. The number of rotatable bonds is 7. The Bertz CT molecular complexity index is 3490. The van der Waals surface area contributed by atoms with Gasteiger partial charge in [-0.1, -0.05) is 140 Å². The van der Waals surface area contributed by atoms with Crippen LogP contribution in [0.4, 0.5) is 0 Å². The molecule has 0 unspecified atom stereocenters. The summed E-state index contributed by atoms with van der Waals surface area (Å²) in [5.41, 5.74) is 15.3. The topological polar surface area (TPSA) is 69.6 Å². The van der Waals surface area contributed by atoms with Gasteiger partial charge in [0.1, 0.15) is 16.9 Å². The summed E-state index contributed by atoms with van der Waals surface area (Å²) >= 11 is 0. The molecule has 290 valence electrons. The predicted molar refractivity (Wildman–Crippen MR) is 252 cm³/mol. The summed E-state index contributed by atoms with van der Waals surface area (Å²) < 4.78 is 9.51. The second-order valence-electron chi connectivity index (χ2n) is 15.4. The van der Waals surface area contributed by atoms with Crippen molar-refractivity contribution in [3.63, 3.8) is 0 Å². The molecule has 5 aromatic heterocycles. The van der Waals surface area contributed by atoms with Gasteiger partial charge in [-0.25, -0.2) is 9.97 Å². The zero-order valence-electron chi connectivity index (χ0n) is 33.4. The molecular formula is C56H35N5O. The van der Waals surface area contributed by atoms with Gasteiger partial charge >= 0.3 is 0 Å². The Morgan fingerprint density at radius 3 is 1.58 bits per heavy atom. The number of hydrogen-bond donors (Lipinski definition) is 0. The lowest BCUT2D eigenvalue weighted by atomic mass is 9.91. The number of fused-ring (bicyclic) bond motifs is 7. The van der Waals surface area contributed by atoms with Crippen LogP contribution in [0.2, 0.25) is 0 Å². The van der Waals surface area contributed by atoms with Crippen molar-refractivity contribution in [2.75, 3.05) is 0 Å². The Kier molecular flexibility index (Phi) is 8.38. The first-order valence-electron chi connectivity index (χ1n) is 20.7. The lowest BCUT2D eigenvalue weighted by Crippen LogP contribution is -2.03. The molecule has 0 fully saturated rings. The van der Waals surface area contributed by atoms with Crippen LogP contribution in [-0.2, 0) is 0 Å². The maximum Gasteiger partial charge on any atom is 0.179 e. The molecule has 0 bridgehead atoms. The summed E-state index contributed by atoms with van der Waals surface area (Å²) in [5.74, 6) is 0.531. The molecule has 0 aliphatic carbocycles. The van der Waals surface area contributed by atoms with Crippen LogP contribution in [0, 0.1) is 0 Å². The maximum atomic E-state index is 7.07. The first-order chi connectivity index (χ1) is 30.8. The molecule has 0 N–H and O–H groups in total. The summed E-state index contributed by atoms with van der Waals surface area (Å²) in [6.45, 7) is 0. The van der Waals surface area contributed by atoms with Gasteiger partial charge in [-0.3, -0.25) is 9.97 Å². The van der Waals surface area contributed by atoms with Crippen molar-refractivity contribution in [3.05, 3.63) is 213 Å². The van der Waals surface area contributed by atoms with Gasteiger partial charge in [0.25, 0.3) is 0 Å². The van der Waals surface area contributed by atoms with Crippen molar-refractivity contribution in [3.8, 4) is 73.2 Å². The van der Waals surface area contributed by atoms with Crippen LogP contribution in [0.1, 0.15) is 0 Å². The molecule has 6 heteroatoms. The Hall–Kier alpha value is -8.48. The van der Waals surface area contributed by atoms with Gasteiger partial charge in [0.15, 0.2) is 5.82 Å². The second kappa shape index (κ2) is 14.7. The van der Waals surface area contributed by atoms with E-state index >= 15 is 0 Å². The minimum Gasteiger partial charge on any atom is -0.455 e. The third kappa shape index (κ3) is 5.88. The largest absolute Gasteiger partial charge is 0.455 e. The molecule has 0 spiro atoms. The van der Waals surface area contributed by atoms with Gasteiger partial charge in [0.2, 0.25) is 0 Å². The van der Waals surface area contributed by atoms with Gasteiger partial charge < -0.3 is 8.98 Å². The van der Waals surface area contributed by atoms with Crippen LogP contribution in [0.5, 0.6) is 0 Å². The van der Waals surface area contributed by atoms with Gasteiger partial charge in [-0.2, -0.15) is 0 Å². The van der Waals surface area contributed by atoms with E-state index in [1.54, 1.807) is 12.4 Å². The Labute approximate surface area is 357 Å². The van der Waals surface area contributed by atoms with Crippen molar-refractivity contribution >= 4 is 43.7 Å². The lowest BCUT2D eigenvalue weighted by molar-refractivity contribution is 0.674. The first-order valence-corrected chi connectivity index (χ1v) is 20.7. The number of benzene rings is 7. The molecule has 0 saturated carbocycles. The molecule has 5 heterocycles. The highest BCUT2D eigenvalue weighted by Crippen LogP contribution is 2.47. The molecule has 0 aliphatic heterocycles. The van der Waals surface area contributed by atoms with Crippen LogP contribution < -0.4 is 0 Å². The fourth-order valence-electron chi connectivity index (χ4n) is 8.94. The number of nitrogens with zero attached hydrogens (tertiary/aromatic N) is 5. The summed E-state index contributed by atoms with van der Waals surface area (Å²) in [6.07, 6.45) is 3.56. The standard InChI is InChI=1S/C56H35N5O/c1-4-17-36(18-5-1)40-24-16-25-41-42-29-30-51-52(55(42)62-54(40)41)43-23-10-11-28-50(43)61(51)53-44(37-19-6-2-7-20-37)33-39(34-45(53)38-21-8-3-9-22-38)48-35-49(46-26-12-14-31-57-46)60-56(59-48)47-27-13-15-32-58-47/h1-35H. The van der Waals surface area contributed by atoms with Crippen LogP contribution >= 0.6 is 0 Å².